The van der Waals surface area contributed by atoms with Crippen molar-refractivity contribution in [3.05, 3.63) is 47.4 Å². The van der Waals surface area contributed by atoms with Gasteiger partial charge in [-0.15, -0.1) is 0 Å². The maximum absolute atomic E-state index is 6.11. The molecule has 0 aliphatic heterocycles. The van der Waals surface area contributed by atoms with Crippen LogP contribution in [0.5, 0.6) is 0 Å². The van der Waals surface area contributed by atoms with E-state index in [9.17, 15) is 0 Å². The SMILES string of the molecule is CCC(CC)c1nc(Cl)cc(-c2ccccc2)n1. The molecule has 0 aliphatic carbocycles. The van der Waals surface area contributed by atoms with E-state index in [-0.39, 0.29) is 0 Å². The van der Waals surface area contributed by atoms with Crippen molar-refractivity contribution in [2.45, 2.75) is 32.6 Å². The van der Waals surface area contributed by atoms with Gasteiger partial charge in [-0.1, -0.05) is 55.8 Å². The maximum atomic E-state index is 6.11. The lowest BCUT2D eigenvalue weighted by molar-refractivity contribution is 0.602. The van der Waals surface area contributed by atoms with Crippen molar-refractivity contribution >= 4 is 11.6 Å². The van der Waals surface area contributed by atoms with Gasteiger partial charge in [-0.25, -0.2) is 9.97 Å². The van der Waals surface area contributed by atoms with E-state index in [1.807, 2.05) is 36.4 Å². The van der Waals surface area contributed by atoms with Gasteiger partial charge in [0.1, 0.15) is 11.0 Å². The molecule has 0 spiro atoms. The summed E-state index contributed by atoms with van der Waals surface area (Å²) in [7, 11) is 0. The number of hydrogen-bond donors (Lipinski definition) is 0. The molecule has 0 saturated carbocycles. The van der Waals surface area contributed by atoms with Crippen LogP contribution in [0.3, 0.4) is 0 Å². The number of hydrogen-bond acceptors (Lipinski definition) is 2. The first kappa shape index (κ1) is 13.0. The van der Waals surface area contributed by atoms with Crippen LogP contribution < -0.4 is 0 Å². The first-order valence-corrected chi connectivity index (χ1v) is 6.72. The molecule has 2 nitrogen and oxygen atoms in total. The molecule has 0 N–H and O–H groups in total. The van der Waals surface area contributed by atoms with Gasteiger partial charge in [-0.3, -0.25) is 0 Å². The monoisotopic (exact) mass is 260 g/mol. The van der Waals surface area contributed by atoms with Crippen molar-refractivity contribution in [2.24, 2.45) is 0 Å². The molecular formula is C15H17ClN2. The highest BCUT2D eigenvalue weighted by Gasteiger charge is 2.13. The summed E-state index contributed by atoms with van der Waals surface area (Å²) in [6.07, 6.45) is 2.07. The van der Waals surface area contributed by atoms with E-state index in [1.165, 1.54) is 0 Å². The van der Waals surface area contributed by atoms with E-state index >= 15 is 0 Å². The molecule has 0 fully saturated rings. The van der Waals surface area contributed by atoms with Crippen LogP contribution in [-0.4, -0.2) is 9.97 Å². The van der Waals surface area contributed by atoms with Gasteiger partial charge in [0.2, 0.25) is 0 Å². The predicted molar refractivity (Wildman–Crippen MR) is 75.8 cm³/mol. The molecule has 3 heteroatoms. The van der Waals surface area contributed by atoms with Gasteiger partial charge < -0.3 is 0 Å². The third-order valence-electron chi connectivity index (χ3n) is 3.13. The molecule has 1 aromatic carbocycles. The van der Waals surface area contributed by atoms with Crippen LogP contribution >= 0.6 is 11.6 Å². The zero-order valence-electron chi connectivity index (χ0n) is 10.7. The summed E-state index contributed by atoms with van der Waals surface area (Å²) < 4.78 is 0. The highest BCUT2D eigenvalue weighted by Crippen LogP contribution is 2.25. The van der Waals surface area contributed by atoms with Crippen LogP contribution in [0, 0.1) is 0 Å². The van der Waals surface area contributed by atoms with Crippen molar-refractivity contribution in [3.8, 4) is 11.3 Å². The molecule has 18 heavy (non-hydrogen) atoms. The third-order valence-corrected chi connectivity index (χ3v) is 3.33. The van der Waals surface area contributed by atoms with Gasteiger partial charge >= 0.3 is 0 Å². The molecule has 0 saturated heterocycles. The second-order valence-electron chi connectivity index (χ2n) is 4.31. The molecular weight excluding hydrogens is 244 g/mol. The summed E-state index contributed by atoms with van der Waals surface area (Å²) in [5.74, 6) is 1.23. The number of benzene rings is 1. The van der Waals surface area contributed by atoms with Gasteiger partial charge in [0.15, 0.2) is 0 Å². The predicted octanol–water partition coefficient (Wildman–Crippen LogP) is 4.70. The zero-order chi connectivity index (χ0) is 13.0. The highest BCUT2D eigenvalue weighted by molar-refractivity contribution is 6.29. The lowest BCUT2D eigenvalue weighted by atomic mass is 10.0. The summed E-state index contributed by atoms with van der Waals surface area (Å²) in [6.45, 7) is 4.31. The Morgan fingerprint density at radius 3 is 2.33 bits per heavy atom. The molecule has 2 rings (SSSR count). The Bertz CT molecular complexity index is 507. The molecule has 0 radical (unpaired) electrons. The Kier molecular flexibility index (Phi) is 4.32. The minimum Gasteiger partial charge on any atom is -0.232 e. The van der Waals surface area contributed by atoms with E-state index in [2.05, 4.69) is 23.8 Å². The van der Waals surface area contributed by atoms with Crippen molar-refractivity contribution in [2.75, 3.05) is 0 Å². The minimum absolute atomic E-state index is 0.381. The maximum Gasteiger partial charge on any atom is 0.133 e. The molecule has 0 unspecified atom stereocenters. The molecule has 2 aromatic rings. The van der Waals surface area contributed by atoms with E-state index in [0.717, 1.165) is 29.9 Å². The van der Waals surface area contributed by atoms with Gasteiger partial charge in [-0.05, 0) is 12.8 Å². The minimum atomic E-state index is 0.381. The van der Waals surface area contributed by atoms with Crippen LogP contribution in [0.25, 0.3) is 11.3 Å². The normalized spacial score (nSPS) is 10.9. The number of halogens is 1. The van der Waals surface area contributed by atoms with E-state index in [0.29, 0.717) is 11.1 Å². The standard InChI is InChI=1S/C15H17ClN2/c1-3-11(4-2)15-17-13(10-14(16)18-15)12-8-6-5-7-9-12/h5-11H,3-4H2,1-2H3. The highest BCUT2D eigenvalue weighted by atomic mass is 35.5. The molecule has 1 heterocycles. The van der Waals surface area contributed by atoms with Gasteiger partial charge in [-0.2, -0.15) is 0 Å². The van der Waals surface area contributed by atoms with Crippen molar-refractivity contribution in [3.63, 3.8) is 0 Å². The summed E-state index contributed by atoms with van der Waals surface area (Å²) in [5.41, 5.74) is 1.98. The average molecular weight is 261 g/mol. The molecule has 0 amide bonds. The zero-order valence-corrected chi connectivity index (χ0v) is 11.5. The van der Waals surface area contributed by atoms with Crippen LogP contribution in [0.15, 0.2) is 36.4 Å². The molecule has 1 aromatic heterocycles. The quantitative estimate of drug-likeness (QED) is 0.745. The number of nitrogens with zero attached hydrogens (tertiary/aromatic N) is 2. The van der Waals surface area contributed by atoms with E-state index in [1.54, 1.807) is 0 Å². The Hall–Kier alpha value is -1.41. The Balaban J connectivity index is 2.44. The first-order chi connectivity index (χ1) is 8.74. The van der Waals surface area contributed by atoms with Crippen molar-refractivity contribution in [1.82, 2.24) is 9.97 Å². The third kappa shape index (κ3) is 2.88. The van der Waals surface area contributed by atoms with Crippen LogP contribution in [0.2, 0.25) is 5.15 Å². The second-order valence-corrected chi connectivity index (χ2v) is 4.70. The summed E-state index contributed by atoms with van der Waals surface area (Å²) in [4.78, 5) is 9.01. The van der Waals surface area contributed by atoms with Gasteiger partial charge in [0.25, 0.3) is 0 Å². The lowest BCUT2D eigenvalue weighted by Crippen LogP contribution is -2.03. The second kappa shape index (κ2) is 5.96. The molecule has 0 aliphatic rings. The Morgan fingerprint density at radius 1 is 1.06 bits per heavy atom. The molecule has 0 atom stereocenters. The summed E-state index contributed by atoms with van der Waals surface area (Å²) in [6, 6.07) is 11.9. The largest absolute Gasteiger partial charge is 0.232 e. The van der Waals surface area contributed by atoms with Crippen molar-refractivity contribution in [1.29, 1.82) is 0 Å². The van der Waals surface area contributed by atoms with Crippen LogP contribution in [-0.2, 0) is 0 Å². The fraction of sp³-hybridized carbons (Fsp3) is 0.333. The fourth-order valence-electron chi connectivity index (χ4n) is 2.03. The summed E-state index contributed by atoms with van der Waals surface area (Å²) in [5, 5.41) is 0.519. The van der Waals surface area contributed by atoms with Crippen LogP contribution in [0.1, 0.15) is 38.4 Å². The van der Waals surface area contributed by atoms with Gasteiger partial charge in [0, 0.05) is 17.5 Å². The van der Waals surface area contributed by atoms with Gasteiger partial charge in [0.05, 0.1) is 5.69 Å². The summed E-state index contributed by atoms with van der Waals surface area (Å²) >= 11 is 6.11. The van der Waals surface area contributed by atoms with Crippen LogP contribution in [0.4, 0.5) is 0 Å². The lowest BCUT2D eigenvalue weighted by Gasteiger charge is -2.12. The first-order valence-electron chi connectivity index (χ1n) is 6.34. The Morgan fingerprint density at radius 2 is 1.72 bits per heavy atom. The number of rotatable bonds is 4. The Labute approximate surface area is 113 Å². The molecule has 94 valence electrons. The van der Waals surface area contributed by atoms with E-state index < -0.39 is 0 Å². The molecule has 0 bridgehead atoms. The van der Waals surface area contributed by atoms with E-state index in [4.69, 9.17) is 11.6 Å². The number of aromatic nitrogens is 2. The topological polar surface area (TPSA) is 25.8 Å². The smallest absolute Gasteiger partial charge is 0.133 e. The fourth-order valence-corrected chi connectivity index (χ4v) is 2.22. The average Bonchev–Trinajstić information content (AvgIpc) is 2.40. The van der Waals surface area contributed by atoms with Crippen molar-refractivity contribution < 1.29 is 0 Å².